The Morgan fingerprint density at radius 2 is 1.89 bits per heavy atom. The molecule has 2 unspecified atom stereocenters. The summed E-state index contributed by atoms with van der Waals surface area (Å²) >= 11 is 0. The number of fused-ring (bicyclic) bond motifs is 1. The number of nitrogens with one attached hydrogen (secondary N) is 2. The zero-order valence-corrected chi connectivity index (χ0v) is 15.9. The molecule has 2 aromatic heterocycles. The summed E-state index contributed by atoms with van der Waals surface area (Å²) in [6.07, 6.45) is 6.38. The van der Waals surface area contributed by atoms with Gasteiger partial charge in [-0.3, -0.25) is 0 Å². The highest BCUT2D eigenvalue weighted by atomic mass is 16.3. The summed E-state index contributed by atoms with van der Waals surface area (Å²) in [5.41, 5.74) is 3.15. The molecule has 0 amide bonds. The molecule has 146 valence electrons. The van der Waals surface area contributed by atoms with Gasteiger partial charge >= 0.3 is 0 Å². The Labute approximate surface area is 164 Å². The van der Waals surface area contributed by atoms with Crippen LogP contribution in [0.1, 0.15) is 25.3 Å². The average Bonchev–Trinajstić information content (AvgIpc) is 3.35. The van der Waals surface area contributed by atoms with Crippen molar-refractivity contribution in [3.8, 4) is 0 Å². The molecule has 2 atom stereocenters. The van der Waals surface area contributed by atoms with Crippen LogP contribution >= 0.6 is 0 Å². The number of piperazine rings is 1. The topological polar surface area (TPSA) is 78.2 Å². The molecule has 0 bridgehead atoms. The van der Waals surface area contributed by atoms with E-state index in [-0.39, 0.29) is 6.10 Å². The van der Waals surface area contributed by atoms with Gasteiger partial charge < -0.3 is 25.2 Å². The van der Waals surface area contributed by atoms with Crippen LogP contribution < -0.4 is 15.5 Å². The van der Waals surface area contributed by atoms with E-state index in [1.165, 1.54) is 5.69 Å². The predicted molar refractivity (Wildman–Crippen MR) is 111 cm³/mol. The number of aliphatic hydroxyl groups is 1. The molecule has 7 heteroatoms. The zero-order valence-electron chi connectivity index (χ0n) is 15.9. The van der Waals surface area contributed by atoms with E-state index in [1.54, 1.807) is 0 Å². The van der Waals surface area contributed by atoms with Crippen molar-refractivity contribution in [2.24, 2.45) is 0 Å². The highest BCUT2D eigenvalue weighted by molar-refractivity contribution is 5.77. The maximum Gasteiger partial charge on any atom is 0.229 e. The monoisotopic (exact) mass is 378 g/mol. The summed E-state index contributed by atoms with van der Waals surface area (Å²) in [6, 6.07) is 10.8. The minimum Gasteiger partial charge on any atom is -0.393 e. The molecule has 1 saturated carbocycles. The van der Waals surface area contributed by atoms with Gasteiger partial charge in [0.15, 0.2) is 0 Å². The van der Waals surface area contributed by atoms with Crippen molar-refractivity contribution in [3.05, 3.63) is 42.7 Å². The van der Waals surface area contributed by atoms with E-state index in [1.807, 2.05) is 12.3 Å². The number of hydrogen-bond acceptors (Lipinski definition) is 6. The third kappa shape index (κ3) is 3.43. The molecule has 3 aromatic rings. The summed E-state index contributed by atoms with van der Waals surface area (Å²) in [5, 5.41) is 17.6. The highest BCUT2D eigenvalue weighted by Gasteiger charge is 2.25. The molecule has 5 rings (SSSR count). The SMILES string of the molecule is OC1CCC(n2ccc3cnc(Nc4ccc(N5CCNCC5)cc4)nc32)C1. The van der Waals surface area contributed by atoms with E-state index < -0.39 is 0 Å². The molecule has 28 heavy (non-hydrogen) atoms. The van der Waals surface area contributed by atoms with Crippen LogP contribution in [-0.4, -0.2) is 51.9 Å². The van der Waals surface area contributed by atoms with Gasteiger partial charge in [-0.15, -0.1) is 0 Å². The molecule has 0 radical (unpaired) electrons. The molecule has 2 fully saturated rings. The normalized spacial score (nSPS) is 22.7. The summed E-state index contributed by atoms with van der Waals surface area (Å²) in [4.78, 5) is 11.6. The van der Waals surface area contributed by atoms with Crippen LogP contribution in [0, 0.1) is 0 Å². The van der Waals surface area contributed by atoms with Crippen molar-refractivity contribution >= 4 is 28.4 Å². The first kappa shape index (κ1) is 17.5. The lowest BCUT2D eigenvalue weighted by atomic mass is 10.2. The van der Waals surface area contributed by atoms with Crippen LogP contribution in [0.5, 0.6) is 0 Å². The molecular formula is C21H26N6O. The van der Waals surface area contributed by atoms with E-state index in [0.29, 0.717) is 12.0 Å². The van der Waals surface area contributed by atoms with Crippen molar-refractivity contribution in [1.82, 2.24) is 19.9 Å². The fourth-order valence-electron chi connectivity index (χ4n) is 4.29. The molecule has 2 aliphatic rings. The Morgan fingerprint density at radius 3 is 2.64 bits per heavy atom. The van der Waals surface area contributed by atoms with Crippen LogP contribution in [0.2, 0.25) is 0 Å². The summed E-state index contributed by atoms with van der Waals surface area (Å²) in [5.74, 6) is 0.598. The number of anilines is 3. The van der Waals surface area contributed by atoms with Gasteiger partial charge in [0, 0.05) is 61.4 Å². The first-order valence-corrected chi connectivity index (χ1v) is 10.1. The van der Waals surface area contributed by atoms with Gasteiger partial charge in [-0.1, -0.05) is 0 Å². The van der Waals surface area contributed by atoms with Crippen molar-refractivity contribution in [3.63, 3.8) is 0 Å². The zero-order chi connectivity index (χ0) is 18.9. The van der Waals surface area contributed by atoms with Crippen LogP contribution in [0.4, 0.5) is 17.3 Å². The minimum absolute atomic E-state index is 0.198. The number of nitrogens with zero attached hydrogens (tertiary/aromatic N) is 4. The van der Waals surface area contributed by atoms with Gasteiger partial charge in [-0.25, -0.2) is 4.98 Å². The Balaban J connectivity index is 1.34. The van der Waals surface area contributed by atoms with E-state index >= 15 is 0 Å². The van der Waals surface area contributed by atoms with Crippen LogP contribution in [0.3, 0.4) is 0 Å². The van der Waals surface area contributed by atoms with Crippen LogP contribution in [-0.2, 0) is 0 Å². The number of hydrogen-bond donors (Lipinski definition) is 3. The van der Waals surface area contributed by atoms with Crippen LogP contribution in [0.25, 0.3) is 11.0 Å². The van der Waals surface area contributed by atoms with Gasteiger partial charge in [0.2, 0.25) is 5.95 Å². The Kier molecular flexibility index (Phi) is 4.62. The third-order valence-corrected chi connectivity index (χ3v) is 5.83. The third-order valence-electron chi connectivity index (χ3n) is 5.83. The number of rotatable bonds is 4. The van der Waals surface area contributed by atoms with Crippen molar-refractivity contribution in [1.29, 1.82) is 0 Å². The maximum absolute atomic E-state index is 9.87. The molecule has 7 nitrogen and oxygen atoms in total. The highest BCUT2D eigenvalue weighted by Crippen LogP contribution is 2.32. The van der Waals surface area contributed by atoms with Crippen molar-refractivity contribution in [2.45, 2.75) is 31.4 Å². The molecule has 1 saturated heterocycles. The Bertz CT molecular complexity index is 947. The van der Waals surface area contributed by atoms with Crippen LogP contribution in [0.15, 0.2) is 42.7 Å². The molecule has 3 heterocycles. The smallest absolute Gasteiger partial charge is 0.229 e. The molecule has 0 spiro atoms. The number of benzene rings is 1. The molecule has 3 N–H and O–H groups in total. The second kappa shape index (κ2) is 7.41. The lowest BCUT2D eigenvalue weighted by molar-refractivity contribution is 0.178. The Morgan fingerprint density at radius 1 is 1.07 bits per heavy atom. The van der Waals surface area contributed by atoms with E-state index in [2.05, 4.69) is 55.5 Å². The van der Waals surface area contributed by atoms with E-state index in [0.717, 1.165) is 62.2 Å². The summed E-state index contributed by atoms with van der Waals surface area (Å²) < 4.78 is 2.19. The van der Waals surface area contributed by atoms with Gasteiger partial charge in [0.1, 0.15) is 5.65 Å². The number of aliphatic hydroxyl groups excluding tert-OH is 1. The van der Waals surface area contributed by atoms with Crippen molar-refractivity contribution < 1.29 is 5.11 Å². The maximum atomic E-state index is 9.87. The standard InChI is InChI=1S/C21H26N6O/c28-19-6-5-18(13-19)27-10-7-15-14-23-21(25-20(15)27)24-16-1-3-17(4-2-16)26-11-8-22-9-12-26/h1-4,7,10,14,18-19,22,28H,5-6,8-9,11-13H2,(H,23,24,25). The van der Waals surface area contributed by atoms with Crippen molar-refractivity contribution in [2.75, 3.05) is 36.4 Å². The molecule has 1 aromatic carbocycles. The molecule has 1 aliphatic heterocycles. The lowest BCUT2D eigenvalue weighted by Crippen LogP contribution is -2.43. The molecular weight excluding hydrogens is 352 g/mol. The number of aromatic nitrogens is 3. The second-order valence-corrected chi connectivity index (χ2v) is 7.73. The van der Waals surface area contributed by atoms with E-state index in [9.17, 15) is 5.11 Å². The second-order valence-electron chi connectivity index (χ2n) is 7.73. The fourth-order valence-corrected chi connectivity index (χ4v) is 4.29. The molecule has 1 aliphatic carbocycles. The minimum atomic E-state index is -0.198. The lowest BCUT2D eigenvalue weighted by Gasteiger charge is -2.29. The Hall–Kier alpha value is -2.64. The summed E-state index contributed by atoms with van der Waals surface area (Å²) in [6.45, 7) is 4.15. The average molecular weight is 378 g/mol. The fraction of sp³-hybridized carbons (Fsp3) is 0.429. The largest absolute Gasteiger partial charge is 0.393 e. The van der Waals surface area contributed by atoms with Gasteiger partial charge in [-0.05, 0) is 49.6 Å². The summed E-state index contributed by atoms with van der Waals surface area (Å²) in [7, 11) is 0. The van der Waals surface area contributed by atoms with Gasteiger partial charge in [0.05, 0.1) is 6.10 Å². The van der Waals surface area contributed by atoms with E-state index in [4.69, 9.17) is 4.98 Å². The quantitative estimate of drug-likeness (QED) is 0.648. The first-order chi connectivity index (χ1) is 13.8. The van der Waals surface area contributed by atoms with Gasteiger partial charge in [-0.2, -0.15) is 4.98 Å². The predicted octanol–water partition coefficient (Wildman–Crippen LogP) is 2.67. The van der Waals surface area contributed by atoms with Gasteiger partial charge in [0.25, 0.3) is 0 Å². The first-order valence-electron chi connectivity index (χ1n) is 10.1.